The van der Waals surface area contributed by atoms with E-state index in [1.807, 2.05) is 26.0 Å². The van der Waals surface area contributed by atoms with Gasteiger partial charge >= 0.3 is 5.69 Å². The number of carbonyl (C=O) groups excluding carboxylic acids is 1. The minimum absolute atomic E-state index is 0.0249. The first-order chi connectivity index (χ1) is 16.9. The fourth-order valence-corrected chi connectivity index (χ4v) is 3.69. The molecule has 3 heterocycles. The standard InChI is InChI=1S/C25H25ClN6O3/c1-17(2)35-22-5-3-21(4-6-22)32-24(19-9-12-28-15-20(26)13-19)30-31(25(32)34)16-23(33)29-14-18-7-10-27-11-8-18/h3-12,15,17H,13-14,16H2,1-2H3,(H,29,33). The van der Waals surface area contributed by atoms with E-state index in [4.69, 9.17) is 16.3 Å². The third-order valence-electron chi connectivity index (χ3n) is 5.06. The summed E-state index contributed by atoms with van der Waals surface area (Å²) in [7, 11) is 0. The van der Waals surface area contributed by atoms with Gasteiger partial charge in [0.2, 0.25) is 5.91 Å². The Bertz CT molecular complexity index is 1340. The molecule has 0 atom stereocenters. The zero-order valence-electron chi connectivity index (χ0n) is 19.4. The van der Waals surface area contributed by atoms with E-state index in [0.29, 0.717) is 40.8 Å². The first-order valence-electron chi connectivity index (χ1n) is 11.1. The van der Waals surface area contributed by atoms with Crippen LogP contribution in [0.4, 0.5) is 0 Å². The van der Waals surface area contributed by atoms with Gasteiger partial charge in [-0.05, 0) is 61.9 Å². The van der Waals surface area contributed by atoms with Gasteiger partial charge in [0.05, 0.1) is 11.8 Å². The summed E-state index contributed by atoms with van der Waals surface area (Å²) < 4.78 is 8.33. The predicted octanol–water partition coefficient (Wildman–Crippen LogP) is 3.47. The van der Waals surface area contributed by atoms with Crippen LogP contribution in [0.5, 0.6) is 5.75 Å². The monoisotopic (exact) mass is 492 g/mol. The number of aliphatic imine (C=N–C) groups is 1. The molecular weight excluding hydrogens is 468 g/mol. The molecule has 180 valence electrons. The lowest BCUT2D eigenvalue weighted by Crippen LogP contribution is -2.33. The predicted molar refractivity (Wildman–Crippen MR) is 135 cm³/mol. The molecule has 1 amide bonds. The van der Waals surface area contributed by atoms with Crippen LogP contribution in [-0.2, 0) is 17.9 Å². The molecule has 2 aromatic heterocycles. The Morgan fingerprint density at radius 3 is 2.63 bits per heavy atom. The highest BCUT2D eigenvalue weighted by molar-refractivity contribution is 6.30. The third-order valence-corrected chi connectivity index (χ3v) is 5.29. The summed E-state index contributed by atoms with van der Waals surface area (Å²) in [6.45, 7) is 3.97. The summed E-state index contributed by atoms with van der Waals surface area (Å²) in [5, 5.41) is 7.82. The van der Waals surface area contributed by atoms with Crippen molar-refractivity contribution >= 4 is 29.3 Å². The lowest BCUT2D eigenvalue weighted by Gasteiger charge is -2.11. The quantitative estimate of drug-likeness (QED) is 0.518. The second-order valence-corrected chi connectivity index (χ2v) is 8.62. The van der Waals surface area contributed by atoms with Crippen molar-refractivity contribution in [1.82, 2.24) is 24.6 Å². The molecule has 0 aliphatic carbocycles. The number of hydrogen-bond donors (Lipinski definition) is 1. The van der Waals surface area contributed by atoms with Crippen LogP contribution < -0.4 is 15.7 Å². The van der Waals surface area contributed by atoms with E-state index in [9.17, 15) is 9.59 Å². The maximum atomic E-state index is 13.4. The maximum Gasteiger partial charge on any atom is 0.351 e. The smallest absolute Gasteiger partial charge is 0.351 e. The van der Waals surface area contributed by atoms with Crippen molar-refractivity contribution in [2.45, 2.75) is 39.5 Å². The van der Waals surface area contributed by atoms with Gasteiger partial charge in [0.25, 0.3) is 0 Å². The third kappa shape index (κ3) is 6.13. The number of amides is 1. The highest BCUT2D eigenvalue weighted by Gasteiger charge is 2.21. The average Bonchev–Trinajstić information content (AvgIpc) is 3.00. The van der Waals surface area contributed by atoms with Crippen molar-refractivity contribution in [2.24, 2.45) is 4.99 Å². The van der Waals surface area contributed by atoms with Crippen LogP contribution in [0.25, 0.3) is 11.3 Å². The van der Waals surface area contributed by atoms with Gasteiger partial charge in [0.1, 0.15) is 12.3 Å². The van der Waals surface area contributed by atoms with Gasteiger partial charge in [-0.1, -0.05) is 11.6 Å². The van der Waals surface area contributed by atoms with Crippen molar-refractivity contribution < 1.29 is 9.53 Å². The molecule has 0 fully saturated rings. The Morgan fingerprint density at radius 2 is 1.91 bits per heavy atom. The maximum absolute atomic E-state index is 13.4. The fraction of sp³-hybridized carbons (Fsp3) is 0.240. The zero-order chi connectivity index (χ0) is 24.8. The van der Waals surface area contributed by atoms with Crippen molar-refractivity contribution in [3.63, 3.8) is 0 Å². The van der Waals surface area contributed by atoms with Gasteiger partial charge in [-0.25, -0.2) is 14.0 Å². The van der Waals surface area contributed by atoms with Gasteiger partial charge < -0.3 is 10.1 Å². The van der Waals surface area contributed by atoms with E-state index < -0.39 is 5.69 Å². The molecule has 35 heavy (non-hydrogen) atoms. The van der Waals surface area contributed by atoms with Crippen LogP contribution in [-0.4, -0.2) is 37.6 Å². The van der Waals surface area contributed by atoms with Crippen LogP contribution in [0.15, 0.2) is 75.9 Å². The molecule has 0 spiro atoms. The molecule has 0 bridgehead atoms. The summed E-state index contributed by atoms with van der Waals surface area (Å²) in [4.78, 5) is 34.1. The van der Waals surface area contributed by atoms with Crippen LogP contribution in [0.3, 0.4) is 0 Å². The Hall–Kier alpha value is -3.98. The fourth-order valence-electron chi connectivity index (χ4n) is 3.49. The molecule has 9 nitrogen and oxygen atoms in total. The molecular formula is C25H25ClN6O3. The summed E-state index contributed by atoms with van der Waals surface area (Å²) in [5.74, 6) is 0.734. The van der Waals surface area contributed by atoms with Crippen molar-refractivity contribution in [3.05, 3.63) is 88.0 Å². The van der Waals surface area contributed by atoms with E-state index in [1.54, 1.807) is 55.1 Å². The lowest BCUT2D eigenvalue weighted by molar-refractivity contribution is -0.122. The minimum Gasteiger partial charge on any atom is -0.491 e. The number of pyridine rings is 1. The second kappa shape index (κ2) is 11.0. The molecule has 1 aromatic carbocycles. The molecule has 1 aliphatic rings. The number of rotatable bonds is 8. The molecule has 0 radical (unpaired) electrons. The van der Waals surface area contributed by atoms with Crippen LogP contribution in [0.2, 0.25) is 0 Å². The second-order valence-electron chi connectivity index (χ2n) is 8.13. The molecule has 1 N–H and O–H groups in total. The van der Waals surface area contributed by atoms with Crippen molar-refractivity contribution in [1.29, 1.82) is 0 Å². The van der Waals surface area contributed by atoms with Gasteiger partial charge in [0.15, 0.2) is 5.82 Å². The van der Waals surface area contributed by atoms with Crippen molar-refractivity contribution in [3.8, 4) is 11.4 Å². The van der Waals surface area contributed by atoms with E-state index >= 15 is 0 Å². The van der Waals surface area contributed by atoms with E-state index in [-0.39, 0.29) is 18.6 Å². The van der Waals surface area contributed by atoms with Gasteiger partial charge in [-0.2, -0.15) is 0 Å². The Kier molecular flexibility index (Phi) is 7.57. The number of benzene rings is 1. The highest BCUT2D eigenvalue weighted by atomic mass is 35.5. The number of halogens is 1. The topological polar surface area (TPSA) is 103 Å². The molecule has 10 heteroatoms. The van der Waals surface area contributed by atoms with Gasteiger partial charge in [-0.15, -0.1) is 5.10 Å². The number of carbonyl (C=O) groups is 1. The molecule has 0 unspecified atom stereocenters. The largest absolute Gasteiger partial charge is 0.491 e. The number of allylic oxidation sites excluding steroid dienone is 3. The van der Waals surface area contributed by atoms with Gasteiger partial charge in [0, 0.05) is 48.4 Å². The van der Waals surface area contributed by atoms with Crippen molar-refractivity contribution in [2.75, 3.05) is 0 Å². The number of hydrogen-bond acceptors (Lipinski definition) is 6. The molecule has 0 saturated heterocycles. The Balaban J connectivity index is 1.65. The summed E-state index contributed by atoms with van der Waals surface area (Å²) >= 11 is 6.26. The first kappa shape index (κ1) is 24.2. The normalized spacial score (nSPS) is 13.3. The Labute approximate surface area is 207 Å². The van der Waals surface area contributed by atoms with E-state index in [1.165, 1.54) is 4.57 Å². The molecule has 3 aromatic rings. The summed E-state index contributed by atoms with van der Waals surface area (Å²) in [6, 6.07) is 10.8. The Morgan fingerprint density at radius 1 is 1.17 bits per heavy atom. The highest BCUT2D eigenvalue weighted by Crippen LogP contribution is 2.26. The number of ether oxygens (including phenoxy) is 1. The molecule has 0 saturated carbocycles. The number of nitrogens with one attached hydrogen (secondary N) is 1. The van der Waals surface area contributed by atoms with Crippen LogP contribution in [0.1, 0.15) is 31.7 Å². The number of aromatic nitrogens is 4. The SMILES string of the molecule is CC(C)Oc1ccc(-n2c(C3=CC=NC=C(Cl)C3)nn(CC(=O)NCc3ccncc3)c2=O)cc1. The average molecular weight is 493 g/mol. The zero-order valence-corrected chi connectivity index (χ0v) is 20.1. The first-order valence-corrected chi connectivity index (χ1v) is 11.5. The molecule has 4 rings (SSSR count). The van der Waals surface area contributed by atoms with E-state index in [2.05, 4.69) is 20.4 Å². The van der Waals surface area contributed by atoms with E-state index in [0.717, 1.165) is 10.2 Å². The van der Waals surface area contributed by atoms with Crippen LogP contribution in [0, 0.1) is 0 Å². The molecule has 1 aliphatic heterocycles. The summed E-state index contributed by atoms with van der Waals surface area (Å²) in [6.07, 6.45) is 8.59. The lowest BCUT2D eigenvalue weighted by atomic mass is 10.1. The van der Waals surface area contributed by atoms with Gasteiger partial charge in [-0.3, -0.25) is 14.8 Å². The minimum atomic E-state index is -0.446. The van der Waals surface area contributed by atoms with Crippen LogP contribution >= 0.6 is 11.6 Å². The summed E-state index contributed by atoms with van der Waals surface area (Å²) in [5.41, 5.74) is 1.74. The number of nitrogens with zero attached hydrogens (tertiary/aromatic N) is 5.